The number of carboxylic acids is 1. The van der Waals surface area contributed by atoms with E-state index in [1.165, 1.54) is 25.3 Å². The monoisotopic (exact) mass is 264 g/mol. The van der Waals surface area contributed by atoms with Crippen LogP contribution in [0, 0.1) is 12.7 Å². The first-order valence-electron chi connectivity index (χ1n) is 5.56. The predicted molar refractivity (Wildman–Crippen MR) is 66.9 cm³/mol. The molecule has 100 valence electrons. The average Bonchev–Trinajstić information content (AvgIpc) is 2.66. The molecule has 2 rings (SSSR count). The lowest BCUT2D eigenvalue weighted by atomic mass is 10.1. The molecule has 1 aromatic carbocycles. The summed E-state index contributed by atoms with van der Waals surface area (Å²) in [5.74, 6) is -0.707. The second kappa shape index (κ2) is 4.72. The highest BCUT2D eigenvalue weighted by Gasteiger charge is 2.22. The fourth-order valence-corrected chi connectivity index (χ4v) is 1.93. The number of hydrogen-bond donors (Lipinski definition) is 1. The summed E-state index contributed by atoms with van der Waals surface area (Å²) in [5.41, 5.74) is 0.563. The van der Waals surface area contributed by atoms with Crippen molar-refractivity contribution in [3.63, 3.8) is 0 Å². The molecule has 0 unspecified atom stereocenters. The third-order valence-corrected chi connectivity index (χ3v) is 2.94. The molecule has 0 atom stereocenters. The smallest absolute Gasteiger partial charge is 0.356 e. The number of carbonyl (C=O) groups is 1. The quantitative estimate of drug-likeness (QED) is 0.923. The second-order valence-electron chi connectivity index (χ2n) is 4.07. The number of halogens is 1. The van der Waals surface area contributed by atoms with Gasteiger partial charge >= 0.3 is 5.97 Å². The van der Waals surface area contributed by atoms with E-state index < -0.39 is 11.8 Å². The van der Waals surface area contributed by atoms with E-state index in [0.717, 1.165) is 0 Å². The number of aromatic carboxylic acids is 1. The Morgan fingerprint density at radius 1 is 1.47 bits per heavy atom. The first kappa shape index (κ1) is 13.1. The molecule has 0 saturated heterocycles. The predicted octanol–water partition coefficient (Wildman–Crippen LogP) is 2.24. The Morgan fingerprint density at radius 3 is 2.74 bits per heavy atom. The van der Waals surface area contributed by atoms with E-state index in [2.05, 4.69) is 4.98 Å². The molecule has 0 spiro atoms. The lowest BCUT2D eigenvalue weighted by Crippen LogP contribution is -2.03. The zero-order valence-electron chi connectivity index (χ0n) is 10.8. The summed E-state index contributed by atoms with van der Waals surface area (Å²) in [6.07, 6.45) is 0. The zero-order chi connectivity index (χ0) is 14.2. The van der Waals surface area contributed by atoms with Crippen LogP contribution in [-0.2, 0) is 7.05 Å². The van der Waals surface area contributed by atoms with Crippen LogP contribution >= 0.6 is 0 Å². The number of imidazole rings is 1. The summed E-state index contributed by atoms with van der Waals surface area (Å²) in [7, 11) is 3.12. The van der Waals surface area contributed by atoms with Gasteiger partial charge in [-0.1, -0.05) is 0 Å². The molecule has 0 radical (unpaired) electrons. The van der Waals surface area contributed by atoms with Crippen molar-refractivity contribution in [2.45, 2.75) is 6.92 Å². The zero-order valence-corrected chi connectivity index (χ0v) is 10.8. The van der Waals surface area contributed by atoms with E-state index >= 15 is 0 Å². The van der Waals surface area contributed by atoms with Gasteiger partial charge in [0.1, 0.15) is 17.4 Å². The molecule has 6 heteroatoms. The van der Waals surface area contributed by atoms with Gasteiger partial charge in [-0.2, -0.15) is 0 Å². The van der Waals surface area contributed by atoms with Gasteiger partial charge in [-0.05, 0) is 25.1 Å². The van der Waals surface area contributed by atoms with Crippen LogP contribution in [0.3, 0.4) is 0 Å². The molecule has 0 amide bonds. The maximum Gasteiger partial charge on any atom is 0.356 e. The number of rotatable bonds is 3. The molecule has 0 aliphatic rings. The van der Waals surface area contributed by atoms with Crippen LogP contribution in [0.1, 0.15) is 16.3 Å². The minimum Gasteiger partial charge on any atom is -0.496 e. The number of ether oxygens (including phenoxy) is 1. The van der Waals surface area contributed by atoms with Crippen molar-refractivity contribution >= 4 is 5.97 Å². The van der Waals surface area contributed by atoms with Crippen LogP contribution < -0.4 is 4.74 Å². The van der Waals surface area contributed by atoms with E-state index in [1.807, 2.05) is 0 Å². The van der Waals surface area contributed by atoms with Crippen LogP contribution in [0.15, 0.2) is 18.2 Å². The Balaban J connectivity index is 2.78. The number of aromatic nitrogens is 2. The molecule has 5 nitrogen and oxygen atoms in total. The summed E-state index contributed by atoms with van der Waals surface area (Å²) in [6, 6.07) is 3.95. The highest BCUT2D eigenvalue weighted by atomic mass is 19.1. The molecule has 1 heterocycles. The van der Waals surface area contributed by atoms with Crippen LogP contribution in [0.4, 0.5) is 4.39 Å². The highest BCUT2D eigenvalue weighted by molar-refractivity contribution is 5.94. The molecule has 0 fully saturated rings. The van der Waals surface area contributed by atoms with E-state index in [4.69, 9.17) is 4.74 Å². The molecule has 19 heavy (non-hydrogen) atoms. The minimum atomic E-state index is -1.16. The Bertz CT molecular complexity index is 650. The minimum absolute atomic E-state index is 0.121. The number of hydrogen-bond acceptors (Lipinski definition) is 3. The highest BCUT2D eigenvalue weighted by Crippen LogP contribution is 2.33. The molecule has 0 bridgehead atoms. The molecular weight excluding hydrogens is 251 g/mol. The Kier molecular flexibility index (Phi) is 3.25. The average molecular weight is 264 g/mol. The first-order valence-corrected chi connectivity index (χ1v) is 5.56. The van der Waals surface area contributed by atoms with Crippen molar-refractivity contribution in [1.82, 2.24) is 9.55 Å². The molecule has 1 aromatic heterocycles. The number of aryl methyl sites for hydroxylation is 1. The van der Waals surface area contributed by atoms with Crippen LogP contribution in [0.2, 0.25) is 0 Å². The molecule has 0 aliphatic carbocycles. The van der Waals surface area contributed by atoms with Crippen LogP contribution in [0.25, 0.3) is 11.3 Å². The molecule has 0 saturated carbocycles. The summed E-state index contributed by atoms with van der Waals surface area (Å²) >= 11 is 0. The normalized spacial score (nSPS) is 10.5. The number of nitrogens with zero attached hydrogens (tertiary/aromatic N) is 2. The van der Waals surface area contributed by atoms with Crippen molar-refractivity contribution in [2.75, 3.05) is 7.11 Å². The fraction of sp³-hybridized carbons (Fsp3) is 0.231. The number of benzene rings is 1. The van der Waals surface area contributed by atoms with Crippen LogP contribution in [-0.4, -0.2) is 27.7 Å². The largest absolute Gasteiger partial charge is 0.496 e. The van der Waals surface area contributed by atoms with Crippen LogP contribution in [0.5, 0.6) is 5.75 Å². The van der Waals surface area contributed by atoms with Gasteiger partial charge in [0.2, 0.25) is 0 Å². The third-order valence-electron chi connectivity index (χ3n) is 2.94. The van der Waals surface area contributed by atoms with Gasteiger partial charge in [-0.15, -0.1) is 0 Å². The first-order chi connectivity index (χ1) is 8.95. The van der Waals surface area contributed by atoms with Gasteiger partial charge in [-0.3, -0.25) is 0 Å². The van der Waals surface area contributed by atoms with E-state index in [1.54, 1.807) is 18.5 Å². The Labute approximate surface area is 109 Å². The molecule has 0 aliphatic heterocycles. The molecule has 1 N–H and O–H groups in total. The van der Waals surface area contributed by atoms with Gasteiger partial charge in [-0.25, -0.2) is 14.2 Å². The van der Waals surface area contributed by atoms with Gasteiger partial charge < -0.3 is 14.4 Å². The fourth-order valence-electron chi connectivity index (χ4n) is 1.93. The lowest BCUT2D eigenvalue weighted by molar-refractivity contribution is 0.0691. The van der Waals surface area contributed by atoms with Crippen molar-refractivity contribution in [2.24, 2.45) is 7.05 Å². The van der Waals surface area contributed by atoms with Gasteiger partial charge in [0.25, 0.3) is 0 Å². The van der Waals surface area contributed by atoms with Crippen molar-refractivity contribution in [1.29, 1.82) is 0 Å². The maximum atomic E-state index is 13.4. The van der Waals surface area contributed by atoms with E-state index in [0.29, 0.717) is 22.8 Å². The number of methoxy groups -OCH3 is 1. The summed E-state index contributed by atoms with van der Waals surface area (Å²) in [5, 5.41) is 9.19. The van der Waals surface area contributed by atoms with Crippen molar-refractivity contribution in [3.8, 4) is 17.0 Å². The maximum absolute atomic E-state index is 13.4. The van der Waals surface area contributed by atoms with Gasteiger partial charge in [0.15, 0.2) is 5.69 Å². The Hall–Kier alpha value is -2.37. The lowest BCUT2D eigenvalue weighted by Gasteiger charge is -2.10. The SMILES string of the molecule is COc1ccc(F)cc1-c1c(C(=O)O)nc(C)n1C. The van der Waals surface area contributed by atoms with Crippen molar-refractivity contribution < 1.29 is 19.0 Å². The third kappa shape index (κ3) is 2.16. The summed E-state index contributed by atoms with van der Waals surface area (Å²) in [6.45, 7) is 1.68. The number of carboxylic acid groups (broad SMARTS) is 1. The topological polar surface area (TPSA) is 64.3 Å². The second-order valence-corrected chi connectivity index (χ2v) is 4.07. The van der Waals surface area contributed by atoms with E-state index in [9.17, 15) is 14.3 Å². The molecular formula is C13H13FN2O3. The molecule has 2 aromatic rings. The standard InChI is InChI=1S/C13H13FN2O3/c1-7-15-11(13(17)18)12(16(7)2)9-6-8(14)4-5-10(9)19-3/h4-6H,1-3H3,(H,17,18). The summed E-state index contributed by atoms with van der Waals surface area (Å²) in [4.78, 5) is 15.2. The Morgan fingerprint density at radius 2 is 2.16 bits per heavy atom. The van der Waals surface area contributed by atoms with E-state index in [-0.39, 0.29) is 5.69 Å². The van der Waals surface area contributed by atoms with Crippen molar-refractivity contribution in [3.05, 3.63) is 35.5 Å². The van der Waals surface area contributed by atoms with Gasteiger partial charge in [0.05, 0.1) is 12.8 Å². The van der Waals surface area contributed by atoms with Gasteiger partial charge in [0, 0.05) is 12.6 Å². The summed E-state index contributed by atoms with van der Waals surface area (Å²) < 4.78 is 20.2.